The summed E-state index contributed by atoms with van der Waals surface area (Å²) in [6, 6.07) is 0. The molecule has 0 aromatic carbocycles. The number of rotatable bonds is 7. The molecule has 80 valence electrons. The first-order valence-corrected chi connectivity index (χ1v) is 5.07. The largest absolute Gasteiger partial charge is 0.394 e. The van der Waals surface area contributed by atoms with E-state index in [9.17, 15) is 0 Å². The van der Waals surface area contributed by atoms with Crippen LogP contribution in [0.5, 0.6) is 0 Å². The van der Waals surface area contributed by atoms with Crippen LogP contribution in [-0.2, 0) is 0 Å². The third kappa shape index (κ3) is 5.24. The molecule has 0 spiro atoms. The molecule has 3 N–H and O–H groups in total. The van der Waals surface area contributed by atoms with Crippen LogP contribution in [0.1, 0.15) is 33.1 Å². The van der Waals surface area contributed by atoms with Gasteiger partial charge in [-0.25, -0.2) is 0 Å². The van der Waals surface area contributed by atoms with Gasteiger partial charge in [-0.15, -0.1) is 0 Å². The van der Waals surface area contributed by atoms with E-state index in [2.05, 4.69) is 25.8 Å². The number of aliphatic hydroxyl groups is 1. The standard InChI is InChI=1S/C10H24N2O/c1-10(2,9-13)12(3)8-6-4-5-7-11/h13H,4-9,11H2,1-3H3. The van der Waals surface area contributed by atoms with Gasteiger partial charge in [0.1, 0.15) is 0 Å². The zero-order chi connectivity index (χ0) is 10.3. The van der Waals surface area contributed by atoms with E-state index in [-0.39, 0.29) is 12.1 Å². The summed E-state index contributed by atoms with van der Waals surface area (Å²) in [4.78, 5) is 2.20. The lowest BCUT2D eigenvalue weighted by atomic mass is 10.0. The van der Waals surface area contributed by atoms with Crippen LogP contribution in [0.2, 0.25) is 0 Å². The molecular weight excluding hydrogens is 164 g/mol. The molecule has 13 heavy (non-hydrogen) atoms. The summed E-state index contributed by atoms with van der Waals surface area (Å²) in [5, 5.41) is 9.11. The maximum atomic E-state index is 9.11. The molecular formula is C10H24N2O. The van der Waals surface area contributed by atoms with Gasteiger partial charge in [-0.1, -0.05) is 6.42 Å². The molecule has 0 heterocycles. The smallest absolute Gasteiger partial charge is 0.0609 e. The van der Waals surface area contributed by atoms with Gasteiger partial charge in [-0.05, 0) is 46.8 Å². The van der Waals surface area contributed by atoms with Crippen molar-refractivity contribution < 1.29 is 5.11 Å². The predicted octanol–water partition coefficient (Wildman–Crippen LogP) is 0.818. The van der Waals surface area contributed by atoms with Crippen molar-refractivity contribution in [2.75, 3.05) is 26.7 Å². The van der Waals surface area contributed by atoms with Crippen molar-refractivity contribution in [3.8, 4) is 0 Å². The first-order chi connectivity index (χ1) is 6.04. The maximum Gasteiger partial charge on any atom is 0.0609 e. The Bertz CT molecular complexity index is 126. The summed E-state index contributed by atoms with van der Waals surface area (Å²) in [6.07, 6.45) is 3.45. The molecule has 0 aliphatic rings. The molecule has 0 amide bonds. The quantitative estimate of drug-likeness (QED) is 0.582. The molecule has 0 rings (SSSR count). The van der Waals surface area contributed by atoms with Gasteiger partial charge in [0.25, 0.3) is 0 Å². The Kier molecular flexibility index (Phi) is 6.29. The van der Waals surface area contributed by atoms with Crippen LogP contribution < -0.4 is 5.73 Å². The number of unbranched alkanes of at least 4 members (excludes halogenated alkanes) is 2. The number of nitrogens with zero attached hydrogens (tertiary/aromatic N) is 1. The normalized spacial score (nSPS) is 12.5. The van der Waals surface area contributed by atoms with E-state index in [4.69, 9.17) is 10.8 Å². The molecule has 3 heteroatoms. The fourth-order valence-corrected chi connectivity index (χ4v) is 1.09. The van der Waals surface area contributed by atoms with Gasteiger partial charge in [-0.2, -0.15) is 0 Å². The molecule has 0 aromatic rings. The minimum absolute atomic E-state index is 0.0945. The van der Waals surface area contributed by atoms with Gasteiger partial charge in [0.05, 0.1) is 6.61 Å². The van der Waals surface area contributed by atoms with Gasteiger partial charge < -0.3 is 10.8 Å². The van der Waals surface area contributed by atoms with Gasteiger partial charge in [-0.3, -0.25) is 4.90 Å². The number of aliphatic hydroxyl groups excluding tert-OH is 1. The molecule has 0 unspecified atom stereocenters. The highest BCUT2D eigenvalue weighted by Gasteiger charge is 2.21. The predicted molar refractivity (Wildman–Crippen MR) is 56.7 cm³/mol. The van der Waals surface area contributed by atoms with Gasteiger partial charge in [0, 0.05) is 5.54 Å². The lowest BCUT2D eigenvalue weighted by Gasteiger charge is -2.33. The minimum Gasteiger partial charge on any atom is -0.394 e. The van der Waals surface area contributed by atoms with Crippen molar-refractivity contribution in [1.29, 1.82) is 0 Å². The van der Waals surface area contributed by atoms with Crippen LogP contribution in [0.15, 0.2) is 0 Å². The molecule has 0 saturated heterocycles. The lowest BCUT2D eigenvalue weighted by molar-refractivity contribution is 0.0777. The summed E-state index contributed by atoms with van der Waals surface area (Å²) in [5.74, 6) is 0. The van der Waals surface area contributed by atoms with Crippen LogP contribution in [0, 0.1) is 0 Å². The van der Waals surface area contributed by atoms with Gasteiger partial charge in [0.2, 0.25) is 0 Å². The van der Waals surface area contributed by atoms with E-state index in [1.807, 2.05) is 0 Å². The summed E-state index contributed by atoms with van der Waals surface area (Å²) in [7, 11) is 2.05. The summed E-state index contributed by atoms with van der Waals surface area (Å²) >= 11 is 0. The number of hydrogen-bond acceptors (Lipinski definition) is 3. The van der Waals surface area contributed by atoms with Crippen LogP contribution in [-0.4, -0.2) is 42.3 Å². The molecule has 3 nitrogen and oxygen atoms in total. The SMILES string of the molecule is CN(CCCCCN)C(C)(C)CO. The highest BCUT2D eigenvalue weighted by atomic mass is 16.3. The third-order valence-electron chi connectivity index (χ3n) is 2.62. The zero-order valence-electron chi connectivity index (χ0n) is 9.21. The number of nitrogens with two attached hydrogens (primary N) is 1. The topological polar surface area (TPSA) is 49.5 Å². The second kappa shape index (κ2) is 6.35. The Balaban J connectivity index is 3.55. The Morgan fingerprint density at radius 2 is 1.85 bits per heavy atom. The van der Waals surface area contributed by atoms with E-state index in [1.54, 1.807) is 0 Å². The van der Waals surface area contributed by atoms with Crippen LogP contribution in [0.25, 0.3) is 0 Å². The summed E-state index contributed by atoms with van der Waals surface area (Å²) < 4.78 is 0. The molecule has 0 aromatic heterocycles. The fourth-order valence-electron chi connectivity index (χ4n) is 1.09. The summed E-state index contributed by atoms with van der Waals surface area (Å²) in [5.41, 5.74) is 5.31. The highest BCUT2D eigenvalue weighted by Crippen LogP contribution is 2.11. The van der Waals surface area contributed by atoms with E-state index < -0.39 is 0 Å². The zero-order valence-corrected chi connectivity index (χ0v) is 9.21. The molecule has 0 aliphatic carbocycles. The lowest BCUT2D eigenvalue weighted by Crippen LogP contribution is -2.44. The average Bonchev–Trinajstić information content (AvgIpc) is 2.12. The Morgan fingerprint density at radius 1 is 1.23 bits per heavy atom. The Hall–Kier alpha value is -0.120. The number of hydrogen-bond donors (Lipinski definition) is 2. The van der Waals surface area contributed by atoms with Crippen molar-refractivity contribution >= 4 is 0 Å². The average molecular weight is 188 g/mol. The number of likely N-dealkylation sites (N-methyl/N-ethyl adjacent to an activating group) is 1. The summed E-state index contributed by atoms with van der Waals surface area (Å²) in [6.45, 7) is 6.13. The molecule has 0 fully saturated rings. The Labute approximate surface area is 81.9 Å². The minimum atomic E-state index is -0.0945. The molecule has 0 aliphatic heterocycles. The van der Waals surface area contributed by atoms with E-state index in [0.29, 0.717) is 0 Å². The van der Waals surface area contributed by atoms with Crippen molar-refractivity contribution in [2.45, 2.75) is 38.6 Å². The van der Waals surface area contributed by atoms with Crippen molar-refractivity contribution in [3.05, 3.63) is 0 Å². The Morgan fingerprint density at radius 3 is 2.31 bits per heavy atom. The monoisotopic (exact) mass is 188 g/mol. The van der Waals surface area contributed by atoms with Crippen molar-refractivity contribution in [3.63, 3.8) is 0 Å². The van der Waals surface area contributed by atoms with Crippen LogP contribution in [0.4, 0.5) is 0 Å². The van der Waals surface area contributed by atoms with Crippen LogP contribution in [0.3, 0.4) is 0 Å². The first kappa shape index (κ1) is 12.9. The first-order valence-electron chi connectivity index (χ1n) is 5.07. The second-order valence-corrected chi connectivity index (χ2v) is 4.24. The van der Waals surface area contributed by atoms with Crippen molar-refractivity contribution in [2.24, 2.45) is 5.73 Å². The highest BCUT2D eigenvalue weighted by molar-refractivity contribution is 4.77. The molecule has 0 radical (unpaired) electrons. The molecule has 0 bridgehead atoms. The van der Waals surface area contributed by atoms with Gasteiger partial charge >= 0.3 is 0 Å². The van der Waals surface area contributed by atoms with Crippen molar-refractivity contribution in [1.82, 2.24) is 4.90 Å². The molecule has 0 saturated carbocycles. The van der Waals surface area contributed by atoms with E-state index in [1.165, 1.54) is 6.42 Å². The fraction of sp³-hybridized carbons (Fsp3) is 1.00. The van der Waals surface area contributed by atoms with E-state index >= 15 is 0 Å². The van der Waals surface area contributed by atoms with Gasteiger partial charge in [0.15, 0.2) is 0 Å². The second-order valence-electron chi connectivity index (χ2n) is 4.24. The molecule has 0 atom stereocenters. The maximum absolute atomic E-state index is 9.11. The third-order valence-corrected chi connectivity index (χ3v) is 2.62. The van der Waals surface area contributed by atoms with E-state index in [0.717, 1.165) is 25.9 Å². The van der Waals surface area contributed by atoms with Crippen LogP contribution >= 0.6 is 0 Å².